The second kappa shape index (κ2) is 18.8. The van der Waals surface area contributed by atoms with Crippen molar-refractivity contribution in [3.8, 4) is 28.7 Å². The maximum Gasteiger partial charge on any atom is 0.412 e. The average molecular weight is 949 g/mol. The fourth-order valence-corrected chi connectivity index (χ4v) is 11.0. The molecule has 6 aromatic rings. The second-order valence-corrected chi connectivity index (χ2v) is 20.2. The van der Waals surface area contributed by atoms with Gasteiger partial charge in [-0.2, -0.15) is 0 Å². The average Bonchev–Trinajstić information content (AvgIpc) is 3.85. The lowest BCUT2D eigenvalue weighted by atomic mass is 10.1. The number of benzene rings is 5. The first-order valence-corrected chi connectivity index (χ1v) is 24.3. The number of fused-ring (bicyclic) bond motifs is 8. The predicted molar refractivity (Wildman–Crippen MR) is 265 cm³/mol. The first-order chi connectivity index (χ1) is 33.0. The molecule has 4 aliphatic rings. The number of rotatable bonds is 14. The van der Waals surface area contributed by atoms with Crippen LogP contribution in [0.2, 0.25) is 0 Å². The first kappa shape index (κ1) is 44.7. The molecule has 1 aromatic heterocycles. The first-order valence-electron chi connectivity index (χ1n) is 22.2. The van der Waals surface area contributed by atoms with Gasteiger partial charge in [-0.25, -0.2) is 9.78 Å². The van der Waals surface area contributed by atoms with E-state index in [2.05, 4.69) is 21.7 Å². The van der Waals surface area contributed by atoms with Gasteiger partial charge in [0.05, 0.1) is 48.8 Å². The van der Waals surface area contributed by atoms with Gasteiger partial charge in [0.25, 0.3) is 11.8 Å². The molecule has 3 amide bonds. The molecule has 16 heteroatoms. The number of amides is 3. The highest BCUT2D eigenvalue weighted by molar-refractivity contribution is 8.77. The smallest absolute Gasteiger partial charge is 0.412 e. The summed E-state index contributed by atoms with van der Waals surface area (Å²) < 4.78 is 30.0. The topological polar surface area (TPSA) is 153 Å². The molecule has 0 saturated heterocycles. The number of carbonyl (C=O) groups is 3. The van der Waals surface area contributed by atoms with Crippen molar-refractivity contribution in [3.63, 3.8) is 0 Å². The summed E-state index contributed by atoms with van der Waals surface area (Å²) in [7, 11) is 6.20. The highest BCUT2D eigenvalue weighted by atomic mass is 33.1. The molecule has 0 fully saturated rings. The van der Waals surface area contributed by atoms with E-state index >= 15 is 0 Å². The van der Waals surface area contributed by atoms with Crippen LogP contribution < -0.4 is 44.1 Å². The monoisotopic (exact) mass is 948 g/mol. The van der Waals surface area contributed by atoms with Crippen LogP contribution in [0.4, 0.5) is 27.5 Å². The van der Waals surface area contributed by atoms with E-state index in [0.717, 1.165) is 33.9 Å². The van der Waals surface area contributed by atoms with Crippen LogP contribution in [0.1, 0.15) is 56.8 Å². The Labute approximate surface area is 401 Å². The number of para-hydroxylation sites is 2. The number of nitrogens with zero attached hydrogens (tertiary/aromatic N) is 4. The number of ether oxygens (including phenoxy) is 5. The minimum Gasteiger partial charge on any atom is -0.493 e. The molecule has 2 atom stereocenters. The van der Waals surface area contributed by atoms with E-state index in [9.17, 15) is 14.4 Å². The molecule has 0 aliphatic carbocycles. The minimum absolute atomic E-state index is 0.0319. The Balaban J connectivity index is 0.890. The Morgan fingerprint density at radius 3 is 2.12 bits per heavy atom. The largest absolute Gasteiger partial charge is 0.493 e. The van der Waals surface area contributed by atoms with Gasteiger partial charge in [0.2, 0.25) is 0 Å². The predicted octanol–water partition coefficient (Wildman–Crippen LogP) is 9.85. The Morgan fingerprint density at radius 1 is 0.765 bits per heavy atom. The van der Waals surface area contributed by atoms with Crippen molar-refractivity contribution in [3.05, 3.63) is 149 Å². The lowest BCUT2D eigenvalue weighted by molar-refractivity contribution is 0.0976. The summed E-state index contributed by atoms with van der Waals surface area (Å²) in [5, 5.41) is 7.27. The third kappa shape index (κ3) is 9.13. The number of pyridine rings is 1. The van der Waals surface area contributed by atoms with Crippen molar-refractivity contribution in [1.82, 2.24) is 10.3 Å². The molecule has 0 saturated carbocycles. The quantitative estimate of drug-likeness (QED) is 0.100. The van der Waals surface area contributed by atoms with E-state index in [-0.39, 0.29) is 47.6 Å². The van der Waals surface area contributed by atoms with Gasteiger partial charge in [-0.3, -0.25) is 19.5 Å². The van der Waals surface area contributed by atoms with Gasteiger partial charge in [0.15, 0.2) is 23.0 Å². The van der Waals surface area contributed by atoms with E-state index in [1.807, 2.05) is 91.7 Å². The number of hydrogen-bond acceptors (Lipinski definition) is 13. The van der Waals surface area contributed by atoms with E-state index in [0.29, 0.717) is 76.1 Å². The molecule has 346 valence electrons. The van der Waals surface area contributed by atoms with Crippen molar-refractivity contribution in [2.75, 3.05) is 42.4 Å². The minimum atomic E-state index is -0.629. The number of aliphatic imine (C=N–C) groups is 1. The van der Waals surface area contributed by atoms with Gasteiger partial charge in [0.1, 0.15) is 24.0 Å². The Bertz CT molecular complexity index is 2970. The summed E-state index contributed by atoms with van der Waals surface area (Å²) in [5.74, 6) is 1.55. The standard InChI is InChI=1S/C52H48N6O8S2/c1-52(2,68-67-48-15-9-10-16-53-48)30-56-51(61)66-37-18-31(28-64-46-24-40-38(22-44(46)62-3)49(59)57-35(26-54-40)20-33-11-5-7-13-42(33)57)17-32(19-37)29-65-47-25-41-39(23-45(47)63-4)50(60)58-36(27-55-41)21-34-12-6-8-14-43(34)58/h5-19,22-26,35-36,55H,20-21,27-30H2,1-4H3,(H,56,61)/t35-,36-/m0/s1. The molecule has 68 heavy (non-hydrogen) atoms. The number of aromatic nitrogens is 1. The molecule has 0 radical (unpaired) electrons. The Kier molecular flexibility index (Phi) is 12.4. The second-order valence-electron chi connectivity index (χ2n) is 17.4. The molecule has 0 spiro atoms. The third-order valence-electron chi connectivity index (χ3n) is 12.2. The Hall–Kier alpha value is -7.17. The number of anilines is 3. The molecule has 10 rings (SSSR count). The molecule has 14 nitrogen and oxygen atoms in total. The zero-order chi connectivity index (χ0) is 46.9. The van der Waals surface area contributed by atoms with Gasteiger partial charge < -0.3 is 39.2 Å². The van der Waals surface area contributed by atoms with Crippen LogP contribution in [0.15, 0.2) is 125 Å². The summed E-state index contributed by atoms with van der Waals surface area (Å²) in [6.45, 7) is 5.03. The van der Waals surface area contributed by atoms with Crippen LogP contribution in [0.3, 0.4) is 0 Å². The maximum atomic E-state index is 14.1. The SMILES string of the molecule is COc1cc2c(cc1OCc1cc(COc3cc4c(cc3OC)C(=O)N3c5ccccc5C[C@H]3CN4)cc(OC(=O)NCC(C)(C)SSc3ccccn3)c1)N=C[C@@H]1Cc3ccccc3N1C2=O. The highest BCUT2D eigenvalue weighted by Crippen LogP contribution is 2.44. The summed E-state index contributed by atoms with van der Waals surface area (Å²) in [5.41, 5.74) is 7.36. The van der Waals surface area contributed by atoms with Crippen LogP contribution in [0.25, 0.3) is 0 Å². The molecule has 4 aliphatic heterocycles. The van der Waals surface area contributed by atoms with Crippen molar-refractivity contribution in [2.24, 2.45) is 4.99 Å². The van der Waals surface area contributed by atoms with Gasteiger partial charge in [-0.1, -0.05) is 53.3 Å². The summed E-state index contributed by atoms with van der Waals surface area (Å²) in [6.07, 6.45) is 4.37. The molecule has 2 N–H and O–H groups in total. The fourth-order valence-electron chi connectivity index (χ4n) is 8.89. The number of hydrogen-bond donors (Lipinski definition) is 2. The normalized spacial score (nSPS) is 16.5. The highest BCUT2D eigenvalue weighted by Gasteiger charge is 2.39. The van der Waals surface area contributed by atoms with E-state index in [1.165, 1.54) is 25.0 Å². The molecule has 5 heterocycles. The lowest BCUT2D eigenvalue weighted by Crippen LogP contribution is -2.39. The summed E-state index contributed by atoms with van der Waals surface area (Å²) >= 11 is 0. The third-order valence-corrected chi connectivity index (χ3v) is 15.4. The number of nitrogens with one attached hydrogen (secondary N) is 2. The van der Waals surface area contributed by atoms with Crippen molar-refractivity contribution in [1.29, 1.82) is 0 Å². The van der Waals surface area contributed by atoms with Gasteiger partial charge >= 0.3 is 6.09 Å². The summed E-state index contributed by atoms with van der Waals surface area (Å²) in [4.78, 5) is 54.3. The van der Waals surface area contributed by atoms with Gasteiger partial charge in [-0.15, -0.1) is 0 Å². The van der Waals surface area contributed by atoms with Crippen molar-refractivity contribution >= 4 is 68.5 Å². The van der Waals surface area contributed by atoms with Crippen LogP contribution in [-0.4, -0.2) is 73.2 Å². The van der Waals surface area contributed by atoms with Crippen molar-refractivity contribution < 1.29 is 38.1 Å². The van der Waals surface area contributed by atoms with Crippen molar-refractivity contribution in [2.45, 2.75) is 61.8 Å². The van der Waals surface area contributed by atoms with Gasteiger partial charge in [0, 0.05) is 60.2 Å². The lowest BCUT2D eigenvalue weighted by Gasteiger charge is -2.23. The molecule has 0 unspecified atom stereocenters. The molecular weight excluding hydrogens is 901 g/mol. The Morgan fingerprint density at radius 2 is 1.41 bits per heavy atom. The molecule has 0 bridgehead atoms. The van der Waals surface area contributed by atoms with E-state index < -0.39 is 6.09 Å². The summed E-state index contributed by atoms with van der Waals surface area (Å²) in [6, 6.07) is 33.7. The molecule has 5 aromatic carbocycles. The van der Waals surface area contributed by atoms with Crippen LogP contribution >= 0.6 is 21.6 Å². The van der Waals surface area contributed by atoms with Crippen LogP contribution in [0, 0.1) is 0 Å². The van der Waals surface area contributed by atoms with E-state index in [4.69, 9.17) is 28.7 Å². The zero-order valence-electron chi connectivity index (χ0n) is 37.8. The molecular formula is C52H48N6O8S2. The number of carbonyl (C=O) groups excluding carboxylic acids is 3. The maximum absolute atomic E-state index is 14.1. The van der Waals surface area contributed by atoms with Gasteiger partial charge in [-0.05, 0) is 108 Å². The fraction of sp³-hybridized carbons (Fsp3) is 0.250. The van der Waals surface area contributed by atoms with Crippen LogP contribution in [0.5, 0.6) is 28.7 Å². The van der Waals surface area contributed by atoms with Crippen LogP contribution in [-0.2, 0) is 26.1 Å². The number of methoxy groups -OCH3 is 2. The van der Waals surface area contributed by atoms with E-state index in [1.54, 1.807) is 58.3 Å². The zero-order valence-corrected chi connectivity index (χ0v) is 39.4.